The molecule has 0 radical (unpaired) electrons. The molecular formula is C67H76N4O. The number of hydrogen-bond donors (Lipinski definition) is 2. The van der Waals surface area contributed by atoms with Crippen LogP contribution in [0.3, 0.4) is 0 Å². The topological polar surface area (TPSA) is 63.0 Å². The number of imidazole rings is 1. The van der Waals surface area contributed by atoms with Crippen LogP contribution in [0.4, 0.5) is 5.69 Å². The number of para-hydroxylation sites is 1. The number of aromatic hydroxyl groups is 1. The third-order valence-electron chi connectivity index (χ3n) is 14.1. The first-order valence-corrected chi connectivity index (χ1v) is 25.5. The van der Waals surface area contributed by atoms with Crippen molar-refractivity contribution in [3.05, 3.63) is 186 Å². The first-order valence-electron chi connectivity index (χ1n) is 25.5. The number of aryl methyl sites for hydroxylation is 1. The first kappa shape index (κ1) is 51.4. The van der Waals surface area contributed by atoms with Gasteiger partial charge in [0, 0.05) is 41.8 Å². The lowest BCUT2D eigenvalue weighted by Crippen LogP contribution is -2.19. The molecule has 0 saturated carbocycles. The minimum atomic E-state index is -0.312. The smallest absolute Gasteiger partial charge is 0.144 e. The summed E-state index contributed by atoms with van der Waals surface area (Å²) < 4.78 is 2.20. The zero-order valence-corrected chi connectivity index (χ0v) is 45.9. The monoisotopic (exact) mass is 953 g/mol. The lowest BCUT2D eigenvalue weighted by atomic mass is 9.74. The van der Waals surface area contributed by atoms with E-state index in [9.17, 15) is 5.11 Å². The van der Waals surface area contributed by atoms with Crippen LogP contribution in [-0.4, -0.2) is 19.6 Å². The molecule has 0 saturated heterocycles. The number of nitrogens with one attached hydrogen (secondary N) is 1. The van der Waals surface area contributed by atoms with Crippen molar-refractivity contribution in [2.75, 3.05) is 5.32 Å². The zero-order chi connectivity index (χ0) is 52.3. The molecule has 0 unspecified atom stereocenters. The van der Waals surface area contributed by atoms with Gasteiger partial charge in [-0.15, -0.1) is 0 Å². The normalized spacial score (nSPS) is 12.9. The quantitative estimate of drug-likeness (QED) is 0.142. The van der Waals surface area contributed by atoms with E-state index in [1.165, 1.54) is 16.7 Å². The molecule has 2 N–H and O–H groups in total. The summed E-state index contributed by atoms with van der Waals surface area (Å²) in [4.78, 5) is 10.8. The van der Waals surface area contributed by atoms with Crippen molar-refractivity contribution < 1.29 is 5.11 Å². The number of nitrogens with zero attached hydrogens (tertiary/aromatic N) is 3. The van der Waals surface area contributed by atoms with Crippen molar-refractivity contribution in [1.29, 1.82) is 0 Å². The van der Waals surface area contributed by atoms with Crippen LogP contribution in [0.15, 0.2) is 152 Å². The molecule has 0 atom stereocenters. The largest absolute Gasteiger partial charge is 0.507 e. The summed E-state index contributed by atoms with van der Waals surface area (Å²) in [6.45, 7) is 38.1. The third kappa shape index (κ3) is 10.4. The van der Waals surface area contributed by atoms with Gasteiger partial charge in [0.25, 0.3) is 0 Å². The Morgan fingerprint density at radius 2 is 1.12 bits per heavy atom. The van der Waals surface area contributed by atoms with Crippen molar-refractivity contribution in [1.82, 2.24) is 14.5 Å². The van der Waals surface area contributed by atoms with Gasteiger partial charge in [0.05, 0.1) is 22.3 Å². The van der Waals surface area contributed by atoms with E-state index >= 15 is 0 Å². The number of aromatic nitrogens is 3. The van der Waals surface area contributed by atoms with Gasteiger partial charge in [-0.05, 0) is 143 Å². The fraction of sp³-hybridized carbons (Fsp3) is 0.313. The molecule has 8 aromatic rings. The van der Waals surface area contributed by atoms with E-state index in [4.69, 9.17) is 9.97 Å². The Morgan fingerprint density at radius 1 is 0.528 bits per heavy atom. The Hall–Kier alpha value is -6.98. The van der Waals surface area contributed by atoms with Crippen LogP contribution in [0.1, 0.15) is 137 Å². The summed E-state index contributed by atoms with van der Waals surface area (Å²) >= 11 is 0. The van der Waals surface area contributed by atoms with E-state index in [1.54, 1.807) is 0 Å². The van der Waals surface area contributed by atoms with Crippen molar-refractivity contribution in [2.24, 2.45) is 7.05 Å². The summed E-state index contributed by atoms with van der Waals surface area (Å²) in [5.74, 6) is 0.986. The first-order chi connectivity index (χ1) is 33.6. The number of benzene rings is 6. The van der Waals surface area contributed by atoms with Crippen LogP contribution in [-0.2, 0) is 34.1 Å². The summed E-state index contributed by atoms with van der Waals surface area (Å²) in [6, 6.07) is 46.0. The van der Waals surface area contributed by atoms with E-state index < -0.39 is 0 Å². The predicted octanol–water partition coefficient (Wildman–Crippen LogP) is 18.1. The highest BCUT2D eigenvalue weighted by Gasteiger charge is 2.31. The molecule has 2 heterocycles. The molecule has 5 heteroatoms. The number of anilines is 1. The highest BCUT2D eigenvalue weighted by molar-refractivity contribution is 6.01. The molecule has 8 rings (SSSR count). The highest BCUT2D eigenvalue weighted by Crippen LogP contribution is 2.48. The van der Waals surface area contributed by atoms with Crippen molar-refractivity contribution in [3.63, 3.8) is 0 Å². The van der Waals surface area contributed by atoms with Crippen LogP contribution in [0.5, 0.6) is 5.75 Å². The van der Waals surface area contributed by atoms with Gasteiger partial charge in [0.15, 0.2) is 0 Å². The molecule has 0 bridgehead atoms. The molecule has 72 heavy (non-hydrogen) atoms. The van der Waals surface area contributed by atoms with Crippen molar-refractivity contribution in [2.45, 2.75) is 131 Å². The number of pyridine rings is 1. The van der Waals surface area contributed by atoms with Crippen LogP contribution in [0, 0.1) is 0 Å². The molecule has 5 nitrogen and oxygen atoms in total. The van der Waals surface area contributed by atoms with E-state index in [0.717, 1.165) is 95.0 Å². The maximum absolute atomic E-state index is 12.4. The number of phenols is 1. The number of fused-ring (bicyclic) bond motifs is 1. The lowest BCUT2D eigenvalue weighted by Gasteiger charge is -2.30. The van der Waals surface area contributed by atoms with E-state index in [-0.39, 0.29) is 32.8 Å². The Labute approximate surface area is 430 Å². The Morgan fingerprint density at radius 3 is 1.72 bits per heavy atom. The molecular weight excluding hydrogens is 877 g/mol. The van der Waals surface area contributed by atoms with Gasteiger partial charge in [-0.25, -0.2) is 4.98 Å². The maximum atomic E-state index is 12.4. The molecule has 370 valence electrons. The standard InChI is InChI=1S/C67H76N4O/c1-18-42(41-69-48-27-23-20-24-28-48)44-31-32-68-58(34-44)53-39-51(55(65(8,9)10)40-56(53)66(11,12)13)52-33-45(50-36-46(63(2,3)4)29-30-49(50)43-25-21-19-22-26-43)35-59-60(52)70-62(71(59)17)54-37-47(64(5,6)7)38-57(61(54)72)67(14,15)16/h18-41,69,72H,1H2,2-17H3/b42-41-. The average molecular weight is 953 g/mol. The van der Waals surface area contributed by atoms with Gasteiger partial charge in [0.2, 0.25) is 0 Å². The van der Waals surface area contributed by atoms with Gasteiger partial charge in [-0.3, -0.25) is 4.98 Å². The van der Waals surface area contributed by atoms with Gasteiger partial charge in [-0.2, -0.15) is 0 Å². The third-order valence-corrected chi connectivity index (χ3v) is 14.1. The average Bonchev–Trinajstić information content (AvgIpc) is 3.65. The summed E-state index contributed by atoms with van der Waals surface area (Å²) in [6.07, 6.45) is 5.82. The fourth-order valence-corrected chi connectivity index (χ4v) is 9.81. The molecule has 0 aliphatic heterocycles. The van der Waals surface area contributed by atoms with Crippen LogP contribution >= 0.6 is 0 Å². The Kier molecular flexibility index (Phi) is 13.5. The molecule has 0 fully saturated rings. The number of allylic oxidation sites excluding steroid dienone is 2. The second kappa shape index (κ2) is 18.9. The van der Waals surface area contributed by atoms with E-state index in [2.05, 4.69) is 237 Å². The molecule has 0 amide bonds. The van der Waals surface area contributed by atoms with Gasteiger partial charge < -0.3 is 15.0 Å². The summed E-state index contributed by atoms with van der Waals surface area (Å²) in [7, 11) is 2.10. The number of phenolic OH excluding ortho intramolecular Hbond substituents is 1. The molecule has 6 aromatic carbocycles. The van der Waals surface area contributed by atoms with Gasteiger partial charge >= 0.3 is 0 Å². The van der Waals surface area contributed by atoms with Gasteiger partial charge in [-0.1, -0.05) is 189 Å². The Balaban J connectivity index is 1.50. The molecule has 0 aliphatic rings. The van der Waals surface area contributed by atoms with Gasteiger partial charge in [0.1, 0.15) is 11.6 Å². The van der Waals surface area contributed by atoms with E-state index in [0.29, 0.717) is 0 Å². The van der Waals surface area contributed by atoms with Crippen molar-refractivity contribution in [3.8, 4) is 61.8 Å². The zero-order valence-electron chi connectivity index (χ0n) is 45.9. The molecule has 0 spiro atoms. The maximum Gasteiger partial charge on any atom is 0.144 e. The van der Waals surface area contributed by atoms with Crippen LogP contribution in [0.25, 0.3) is 72.6 Å². The van der Waals surface area contributed by atoms with E-state index in [1.807, 2.05) is 36.7 Å². The Bertz CT molecular complexity index is 3350. The highest BCUT2D eigenvalue weighted by atomic mass is 16.3. The number of rotatable bonds is 9. The molecule has 0 aliphatic carbocycles. The van der Waals surface area contributed by atoms with Crippen LogP contribution < -0.4 is 5.32 Å². The summed E-state index contributed by atoms with van der Waals surface area (Å²) in [5.41, 5.74) is 18.8. The predicted molar refractivity (Wildman–Crippen MR) is 309 cm³/mol. The van der Waals surface area contributed by atoms with Crippen LogP contribution in [0.2, 0.25) is 0 Å². The van der Waals surface area contributed by atoms with Crippen molar-refractivity contribution >= 4 is 22.3 Å². The second-order valence-corrected chi connectivity index (χ2v) is 24.9. The molecule has 2 aromatic heterocycles. The number of hydrogen-bond acceptors (Lipinski definition) is 4. The second-order valence-electron chi connectivity index (χ2n) is 24.9. The minimum absolute atomic E-state index is 0.0894. The minimum Gasteiger partial charge on any atom is -0.507 e. The lowest BCUT2D eigenvalue weighted by molar-refractivity contribution is 0.446. The SMILES string of the molecule is C=C/C(=C/Nc1ccccc1)c1ccnc(-c2cc(-c3cc(-c4cc(C(C)(C)C)ccc4-c4ccccc4)cc4c3nc(-c3cc(C(C)(C)C)cc(C(C)(C)C)c3O)n4C)c(C(C)(C)C)cc2C(C)(C)C)c1. The summed E-state index contributed by atoms with van der Waals surface area (Å²) in [5, 5.41) is 15.9. The fourth-order valence-electron chi connectivity index (χ4n) is 9.81.